The van der Waals surface area contributed by atoms with E-state index in [9.17, 15) is 14.7 Å². The first kappa shape index (κ1) is 16.3. The molecule has 0 aliphatic rings. The van der Waals surface area contributed by atoms with Gasteiger partial charge in [0.15, 0.2) is 0 Å². The number of nitrogen functional groups attached to an aromatic ring is 1. The number of nitrogens with zero attached hydrogens (tertiary/aromatic N) is 2. The summed E-state index contributed by atoms with van der Waals surface area (Å²) in [5.41, 5.74) is 6.01. The number of carbonyl (C=O) groups excluding carboxylic acids is 1. The molecule has 128 valence electrons. The third-order valence-electron chi connectivity index (χ3n) is 3.68. The van der Waals surface area contributed by atoms with E-state index in [1.165, 1.54) is 4.68 Å². The second kappa shape index (κ2) is 6.16. The van der Waals surface area contributed by atoms with Gasteiger partial charge in [-0.15, -0.1) is 0 Å². The van der Waals surface area contributed by atoms with Gasteiger partial charge >= 0.3 is 5.97 Å². The van der Waals surface area contributed by atoms with E-state index in [-0.39, 0.29) is 34.5 Å². The molecular formula is C17H16N4O4. The van der Waals surface area contributed by atoms with Crippen molar-refractivity contribution in [1.82, 2.24) is 14.8 Å². The summed E-state index contributed by atoms with van der Waals surface area (Å²) in [7, 11) is 0. The smallest absolute Gasteiger partial charge is 0.338 e. The Morgan fingerprint density at radius 3 is 2.72 bits per heavy atom. The number of carbonyl (C=O) groups is 1. The van der Waals surface area contributed by atoms with Gasteiger partial charge in [0.25, 0.3) is 5.56 Å². The highest BCUT2D eigenvalue weighted by atomic mass is 16.5. The average molecular weight is 340 g/mol. The molecule has 0 radical (unpaired) electrons. The van der Waals surface area contributed by atoms with Crippen LogP contribution in [0.2, 0.25) is 0 Å². The fourth-order valence-electron chi connectivity index (χ4n) is 2.55. The zero-order valence-electron chi connectivity index (χ0n) is 13.4. The standard InChI is InChI=1S/C17H16N4O4/c1-3-25-17(24)9(2)11-13-12(16(23)19-15(11)22)14(18)21(20-13)10-7-5-4-6-8-10/h4-8,22H,2-3,18H2,1H3,(H,19,23). The summed E-state index contributed by atoms with van der Waals surface area (Å²) >= 11 is 0. The molecule has 0 atom stereocenters. The Bertz CT molecular complexity index is 1030. The second-order valence-electron chi connectivity index (χ2n) is 5.23. The molecule has 0 saturated heterocycles. The third-order valence-corrected chi connectivity index (χ3v) is 3.68. The second-order valence-corrected chi connectivity index (χ2v) is 5.23. The Kier molecular flexibility index (Phi) is 4.02. The molecule has 3 aromatic rings. The molecule has 0 fully saturated rings. The fourth-order valence-corrected chi connectivity index (χ4v) is 2.55. The van der Waals surface area contributed by atoms with Crippen LogP contribution in [0.25, 0.3) is 22.2 Å². The van der Waals surface area contributed by atoms with Crippen LogP contribution < -0.4 is 11.3 Å². The highest BCUT2D eigenvalue weighted by molar-refractivity contribution is 6.20. The lowest BCUT2D eigenvalue weighted by Crippen LogP contribution is -2.12. The number of esters is 1. The van der Waals surface area contributed by atoms with Gasteiger partial charge < -0.3 is 15.6 Å². The van der Waals surface area contributed by atoms with Crippen molar-refractivity contribution in [2.45, 2.75) is 6.92 Å². The summed E-state index contributed by atoms with van der Waals surface area (Å²) in [5, 5.41) is 14.5. The van der Waals surface area contributed by atoms with Crippen LogP contribution in [0.1, 0.15) is 12.5 Å². The zero-order chi connectivity index (χ0) is 18.1. The van der Waals surface area contributed by atoms with E-state index < -0.39 is 17.4 Å². The highest BCUT2D eigenvalue weighted by Crippen LogP contribution is 2.32. The molecule has 8 heteroatoms. The lowest BCUT2D eigenvalue weighted by Gasteiger charge is -2.07. The van der Waals surface area contributed by atoms with E-state index >= 15 is 0 Å². The van der Waals surface area contributed by atoms with E-state index in [0.717, 1.165) is 0 Å². The quantitative estimate of drug-likeness (QED) is 0.489. The van der Waals surface area contributed by atoms with Crippen molar-refractivity contribution in [2.75, 3.05) is 12.3 Å². The number of rotatable bonds is 4. The van der Waals surface area contributed by atoms with Gasteiger partial charge in [-0.1, -0.05) is 24.8 Å². The number of nitrogens with one attached hydrogen (secondary N) is 1. The number of anilines is 1. The molecule has 3 rings (SSSR count). The predicted molar refractivity (Wildman–Crippen MR) is 93.4 cm³/mol. The summed E-state index contributed by atoms with van der Waals surface area (Å²) in [4.78, 5) is 26.5. The molecule has 2 heterocycles. The minimum atomic E-state index is -0.723. The Hall–Kier alpha value is -3.55. The molecule has 0 spiro atoms. The number of hydrogen-bond donors (Lipinski definition) is 3. The van der Waals surface area contributed by atoms with E-state index in [4.69, 9.17) is 10.5 Å². The van der Waals surface area contributed by atoms with Gasteiger partial charge in [-0.2, -0.15) is 5.10 Å². The maximum Gasteiger partial charge on any atom is 0.338 e. The van der Waals surface area contributed by atoms with Gasteiger partial charge in [0.1, 0.15) is 16.7 Å². The summed E-state index contributed by atoms with van der Waals surface area (Å²) in [6, 6.07) is 8.93. The fraction of sp³-hybridized carbons (Fsp3) is 0.118. The topological polar surface area (TPSA) is 123 Å². The first-order valence-corrected chi connectivity index (χ1v) is 7.51. The van der Waals surface area contributed by atoms with E-state index in [2.05, 4.69) is 16.7 Å². The number of hydrogen-bond acceptors (Lipinski definition) is 6. The molecule has 2 aromatic heterocycles. The number of benzene rings is 1. The number of aromatic amines is 1. The number of pyridine rings is 1. The first-order valence-electron chi connectivity index (χ1n) is 7.51. The minimum Gasteiger partial charge on any atom is -0.494 e. The molecule has 1 aromatic carbocycles. The van der Waals surface area contributed by atoms with E-state index in [1.807, 2.05) is 6.07 Å². The molecule has 0 bridgehead atoms. The van der Waals surface area contributed by atoms with E-state index in [0.29, 0.717) is 5.69 Å². The third kappa shape index (κ3) is 2.63. The summed E-state index contributed by atoms with van der Waals surface area (Å²) in [5.74, 6) is -1.16. The number of nitrogens with two attached hydrogens (primary N) is 1. The van der Waals surface area contributed by atoms with Gasteiger partial charge in [0.05, 0.1) is 23.4 Å². The lowest BCUT2D eigenvalue weighted by molar-refractivity contribution is -0.136. The zero-order valence-corrected chi connectivity index (χ0v) is 13.4. The van der Waals surface area contributed by atoms with Crippen LogP contribution in [-0.2, 0) is 9.53 Å². The highest BCUT2D eigenvalue weighted by Gasteiger charge is 2.24. The van der Waals surface area contributed by atoms with Crippen LogP contribution in [-0.4, -0.2) is 32.4 Å². The van der Waals surface area contributed by atoms with Gasteiger partial charge in [0, 0.05) is 0 Å². The van der Waals surface area contributed by atoms with E-state index in [1.54, 1.807) is 31.2 Å². The van der Waals surface area contributed by atoms with Crippen LogP contribution in [0.4, 0.5) is 5.82 Å². The summed E-state index contributed by atoms with van der Waals surface area (Å²) < 4.78 is 6.27. The first-order chi connectivity index (χ1) is 12.0. The van der Waals surface area contributed by atoms with Crippen molar-refractivity contribution in [3.8, 4) is 11.6 Å². The number of fused-ring (bicyclic) bond motifs is 1. The molecule has 0 amide bonds. The average Bonchev–Trinajstić information content (AvgIpc) is 2.93. The van der Waals surface area contributed by atoms with Crippen LogP contribution in [0.5, 0.6) is 5.88 Å². The van der Waals surface area contributed by atoms with Crippen molar-refractivity contribution in [1.29, 1.82) is 0 Å². The summed E-state index contributed by atoms with van der Waals surface area (Å²) in [6.45, 7) is 5.44. The Morgan fingerprint density at radius 2 is 2.08 bits per heavy atom. The van der Waals surface area contributed by atoms with Crippen LogP contribution in [0.15, 0.2) is 41.7 Å². The van der Waals surface area contributed by atoms with Crippen LogP contribution in [0, 0.1) is 0 Å². The SMILES string of the molecule is C=C(C(=O)OCC)c1c(O)[nH]c(=O)c2c(N)n(-c3ccccc3)nc12. The van der Waals surface area contributed by atoms with Gasteiger partial charge in [0.2, 0.25) is 5.88 Å². The van der Waals surface area contributed by atoms with Gasteiger partial charge in [-0.3, -0.25) is 9.78 Å². The lowest BCUT2D eigenvalue weighted by atomic mass is 10.1. The molecular weight excluding hydrogens is 324 g/mol. The number of aromatic nitrogens is 3. The Morgan fingerprint density at radius 1 is 1.40 bits per heavy atom. The molecule has 25 heavy (non-hydrogen) atoms. The molecule has 0 aliphatic carbocycles. The molecule has 0 unspecified atom stereocenters. The van der Waals surface area contributed by atoms with Crippen molar-refractivity contribution in [3.05, 3.63) is 52.8 Å². The van der Waals surface area contributed by atoms with Crippen molar-refractivity contribution in [3.63, 3.8) is 0 Å². The number of aromatic hydroxyl groups is 1. The minimum absolute atomic E-state index is 0.0190. The largest absolute Gasteiger partial charge is 0.494 e. The molecule has 4 N–H and O–H groups in total. The molecule has 0 aliphatic heterocycles. The van der Waals surface area contributed by atoms with Crippen LogP contribution >= 0.6 is 0 Å². The maximum absolute atomic E-state index is 12.2. The Labute approximate surface area is 142 Å². The number of ether oxygens (including phenoxy) is 1. The van der Waals surface area contributed by atoms with Crippen molar-refractivity contribution < 1.29 is 14.6 Å². The predicted octanol–water partition coefficient (Wildman–Crippen LogP) is 1.58. The maximum atomic E-state index is 12.2. The van der Waals surface area contributed by atoms with Gasteiger partial charge in [-0.25, -0.2) is 9.48 Å². The number of H-pyrrole nitrogens is 1. The normalized spacial score (nSPS) is 10.8. The van der Waals surface area contributed by atoms with Crippen LogP contribution in [0.3, 0.4) is 0 Å². The van der Waals surface area contributed by atoms with Crippen molar-refractivity contribution in [2.24, 2.45) is 0 Å². The monoisotopic (exact) mass is 340 g/mol. The summed E-state index contributed by atoms with van der Waals surface area (Å²) in [6.07, 6.45) is 0. The Balaban J connectivity index is 2.31. The molecule has 0 saturated carbocycles. The van der Waals surface area contributed by atoms with Crippen molar-refractivity contribution >= 4 is 28.3 Å². The number of para-hydroxylation sites is 1. The van der Waals surface area contributed by atoms with Gasteiger partial charge in [-0.05, 0) is 19.1 Å². The molecule has 8 nitrogen and oxygen atoms in total.